The van der Waals surface area contributed by atoms with Gasteiger partial charge in [-0.15, -0.1) is 0 Å². The predicted octanol–water partition coefficient (Wildman–Crippen LogP) is 2.78. The molecule has 3 rings (SSSR count). The van der Waals surface area contributed by atoms with E-state index in [0.29, 0.717) is 15.9 Å². The van der Waals surface area contributed by atoms with Gasteiger partial charge in [-0.2, -0.15) is 0 Å². The number of rotatable bonds is 6. The molecule has 1 amide bonds. The van der Waals surface area contributed by atoms with E-state index in [0.717, 1.165) is 16.6 Å². The summed E-state index contributed by atoms with van der Waals surface area (Å²) in [5.41, 5.74) is 0.325. The molecule has 7 heteroatoms. The Morgan fingerprint density at radius 1 is 1.07 bits per heavy atom. The van der Waals surface area contributed by atoms with Crippen molar-refractivity contribution in [3.05, 3.63) is 80.0 Å². The van der Waals surface area contributed by atoms with Crippen molar-refractivity contribution in [1.29, 1.82) is 0 Å². The smallest absolute Gasteiger partial charge is 0.332 e. The Hall–Kier alpha value is -2.86. The fourth-order valence-corrected chi connectivity index (χ4v) is 3.13. The van der Waals surface area contributed by atoms with Gasteiger partial charge in [0.25, 0.3) is 5.56 Å². The van der Waals surface area contributed by atoms with Crippen LogP contribution in [-0.2, 0) is 17.9 Å². The minimum absolute atomic E-state index is 0.00874. The summed E-state index contributed by atoms with van der Waals surface area (Å²) in [4.78, 5) is 38.4. The van der Waals surface area contributed by atoms with Gasteiger partial charge in [-0.25, -0.2) is 4.79 Å². The van der Waals surface area contributed by atoms with Crippen LogP contribution in [-0.4, -0.2) is 21.1 Å². The monoisotopic (exact) mass is 399 g/mol. The first kappa shape index (κ1) is 19.9. The minimum Gasteiger partial charge on any atom is -0.352 e. The van der Waals surface area contributed by atoms with Crippen LogP contribution in [0.15, 0.2) is 58.1 Å². The molecular weight excluding hydrogens is 378 g/mol. The molecule has 1 N–H and O–H groups in total. The van der Waals surface area contributed by atoms with Gasteiger partial charge in [-0.1, -0.05) is 42.8 Å². The molecule has 0 fully saturated rings. The highest BCUT2D eigenvalue weighted by Gasteiger charge is 2.16. The number of amides is 1. The second kappa shape index (κ2) is 8.44. The van der Waals surface area contributed by atoms with Crippen molar-refractivity contribution in [3.63, 3.8) is 0 Å². The van der Waals surface area contributed by atoms with Crippen molar-refractivity contribution in [3.8, 4) is 0 Å². The lowest BCUT2D eigenvalue weighted by molar-refractivity contribution is -0.122. The normalized spacial score (nSPS) is 12.1. The second-order valence-electron chi connectivity index (χ2n) is 6.78. The zero-order valence-electron chi connectivity index (χ0n) is 15.8. The van der Waals surface area contributed by atoms with Crippen LogP contribution in [0, 0.1) is 0 Å². The number of hydrogen-bond acceptors (Lipinski definition) is 3. The van der Waals surface area contributed by atoms with Crippen LogP contribution < -0.4 is 16.6 Å². The number of carbonyl (C=O) groups is 1. The third-order valence-corrected chi connectivity index (χ3v) is 4.96. The highest BCUT2D eigenvalue weighted by atomic mass is 35.5. The Morgan fingerprint density at radius 3 is 2.43 bits per heavy atom. The lowest BCUT2D eigenvalue weighted by atomic mass is 10.2. The molecular formula is C21H22ClN3O3. The topological polar surface area (TPSA) is 73.1 Å². The molecule has 0 aliphatic carbocycles. The van der Waals surface area contributed by atoms with Crippen molar-refractivity contribution in [2.45, 2.75) is 39.4 Å². The zero-order valence-corrected chi connectivity index (χ0v) is 16.6. The maximum atomic E-state index is 13.1. The highest BCUT2D eigenvalue weighted by Crippen LogP contribution is 2.11. The van der Waals surface area contributed by atoms with Gasteiger partial charge in [-0.3, -0.25) is 18.7 Å². The molecule has 1 atom stereocenters. The molecule has 0 aliphatic heterocycles. The molecule has 28 heavy (non-hydrogen) atoms. The number of benzene rings is 2. The van der Waals surface area contributed by atoms with Crippen molar-refractivity contribution >= 4 is 28.4 Å². The van der Waals surface area contributed by atoms with Gasteiger partial charge >= 0.3 is 5.69 Å². The van der Waals surface area contributed by atoms with Gasteiger partial charge in [-0.05, 0) is 43.2 Å². The van der Waals surface area contributed by atoms with E-state index >= 15 is 0 Å². The molecule has 2 aromatic carbocycles. The Labute approximate surface area is 167 Å². The number of fused-ring (bicyclic) bond motifs is 1. The first-order chi connectivity index (χ1) is 13.4. The molecule has 1 aromatic heterocycles. The van der Waals surface area contributed by atoms with Gasteiger partial charge in [0, 0.05) is 11.1 Å². The molecule has 1 heterocycles. The summed E-state index contributed by atoms with van der Waals surface area (Å²) < 4.78 is 2.51. The number of hydrogen-bond donors (Lipinski definition) is 1. The molecule has 6 nitrogen and oxygen atoms in total. The van der Waals surface area contributed by atoms with E-state index in [4.69, 9.17) is 11.6 Å². The van der Waals surface area contributed by atoms with Crippen molar-refractivity contribution < 1.29 is 4.79 Å². The SMILES string of the molecule is CC[C@@H](C)NC(=O)Cn1c(=O)n(Cc2ccc(Cl)cc2)c(=O)c2ccccc21. The van der Waals surface area contributed by atoms with Crippen LogP contribution in [0.25, 0.3) is 10.9 Å². The van der Waals surface area contributed by atoms with Crippen LogP contribution >= 0.6 is 11.6 Å². The molecule has 0 unspecified atom stereocenters. The molecule has 0 spiro atoms. The fourth-order valence-electron chi connectivity index (χ4n) is 3.00. The quantitative estimate of drug-likeness (QED) is 0.692. The Kier molecular flexibility index (Phi) is 5.99. The van der Waals surface area contributed by atoms with Crippen molar-refractivity contribution in [1.82, 2.24) is 14.5 Å². The van der Waals surface area contributed by atoms with Crippen LogP contribution in [0.2, 0.25) is 5.02 Å². The number of para-hydroxylation sites is 1. The summed E-state index contributed by atoms with van der Waals surface area (Å²) in [5, 5.41) is 3.83. The Bertz CT molecular complexity index is 1120. The second-order valence-corrected chi connectivity index (χ2v) is 7.22. The first-order valence-corrected chi connectivity index (χ1v) is 9.54. The molecule has 0 bridgehead atoms. The number of halogens is 1. The minimum atomic E-state index is -0.516. The van der Waals surface area contributed by atoms with Gasteiger partial charge in [0.1, 0.15) is 6.54 Å². The summed E-state index contributed by atoms with van der Waals surface area (Å²) in [6.07, 6.45) is 0.789. The highest BCUT2D eigenvalue weighted by molar-refractivity contribution is 6.30. The molecule has 0 aliphatic rings. The Morgan fingerprint density at radius 2 is 1.75 bits per heavy atom. The average Bonchev–Trinajstić information content (AvgIpc) is 2.69. The van der Waals surface area contributed by atoms with E-state index in [2.05, 4.69) is 5.32 Å². The summed E-state index contributed by atoms with van der Waals surface area (Å²) in [6.45, 7) is 3.83. The van der Waals surface area contributed by atoms with Crippen LogP contribution in [0.3, 0.4) is 0 Å². The van der Waals surface area contributed by atoms with Crippen molar-refractivity contribution in [2.75, 3.05) is 0 Å². The van der Waals surface area contributed by atoms with Gasteiger partial charge in [0.2, 0.25) is 5.91 Å². The van der Waals surface area contributed by atoms with E-state index < -0.39 is 5.69 Å². The first-order valence-electron chi connectivity index (χ1n) is 9.17. The summed E-state index contributed by atoms with van der Waals surface area (Å²) in [5.74, 6) is -0.265. The van der Waals surface area contributed by atoms with Gasteiger partial charge < -0.3 is 5.32 Å². The van der Waals surface area contributed by atoms with Crippen LogP contribution in [0.4, 0.5) is 0 Å². The maximum Gasteiger partial charge on any atom is 0.332 e. The van der Waals surface area contributed by atoms with Crippen LogP contribution in [0.5, 0.6) is 0 Å². The van der Waals surface area contributed by atoms with Crippen molar-refractivity contribution in [2.24, 2.45) is 0 Å². The predicted molar refractivity (Wildman–Crippen MR) is 111 cm³/mol. The lowest BCUT2D eigenvalue weighted by Crippen LogP contribution is -2.43. The number of aromatic nitrogens is 2. The standard InChI is InChI=1S/C21H22ClN3O3/c1-3-14(2)23-19(26)13-24-18-7-5-4-6-17(18)20(27)25(21(24)28)12-15-8-10-16(22)11-9-15/h4-11,14H,3,12-13H2,1-2H3,(H,23,26)/t14-/m1/s1. The third kappa shape index (κ3) is 4.17. The fraction of sp³-hybridized carbons (Fsp3) is 0.286. The maximum absolute atomic E-state index is 13.1. The average molecular weight is 400 g/mol. The molecule has 3 aromatic rings. The largest absolute Gasteiger partial charge is 0.352 e. The molecule has 0 saturated heterocycles. The van der Waals surface area contributed by atoms with Gasteiger partial charge in [0.15, 0.2) is 0 Å². The third-order valence-electron chi connectivity index (χ3n) is 4.71. The molecule has 0 saturated carbocycles. The van der Waals surface area contributed by atoms with Gasteiger partial charge in [0.05, 0.1) is 17.4 Å². The lowest BCUT2D eigenvalue weighted by Gasteiger charge is -2.16. The van der Waals surface area contributed by atoms with Crippen LogP contribution in [0.1, 0.15) is 25.8 Å². The number of nitrogens with one attached hydrogen (secondary N) is 1. The summed E-state index contributed by atoms with van der Waals surface area (Å²) >= 11 is 5.91. The number of carbonyl (C=O) groups excluding carboxylic acids is 1. The zero-order chi connectivity index (χ0) is 20.3. The number of nitrogens with zero attached hydrogens (tertiary/aromatic N) is 2. The van der Waals surface area contributed by atoms with E-state index in [1.807, 2.05) is 13.8 Å². The molecule has 0 radical (unpaired) electrons. The van der Waals surface area contributed by atoms with E-state index in [9.17, 15) is 14.4 Å². The summed E-state index contributed by atoms with van der Waals surface area (Å²) in [6, 6.07) is 13.8. The van der Waals surface area contributed by atoms with E-state index in [1.54, 1.807) is 48.5 Å². The molecule has 146 valence electrons. The van der Waals surface area contributed by atoms with E-state index in [1.165, 1.54) is 4.57 Å². The summed E-state index contributed by atoms with van der Waals surface area (Å²) in [7, 11) is 0. The van der Waals surface area contributed by atoms with E-state index in [-0.39, 0.29) is 30.6 Å². The Balaban J connectivity index is 2.09.